The van der Waals surface area contributed by atoms with Crippen molar-refractivity contribution in [1.29, 1.82) is 0 Å². The lowest BCUT2D eigenvalue weighted by atomic mass is 9.32. The molecule has 6 nitrogen and oxygen atoms in total. The van der Waals surface area contributed by atoms with E-state index in [0.717, 1.165) is 48.6 Å². The molecule has 2 spiro atoms. The van der Waals surface area contributed by atoms with Crippen molar-refractivity contribution in [2.45, 2.75) is 104 Å². The molecule has 3 aromatic carbocycles. The molecule has 58 heavy (non-hydrogen) atoms. The first kappa shape index (κ1) is 38.3. The number of ketones is 1. The monoisotopic (exact) mass is 789 g/mol. The zero-order valence-electron chi connectivity index (χ0n) is 34.3. The summed E-state index contributed by atoms with van der Waals surface area (Å²) in [4.78, 5) is 31.2. The van der Waals surface area contributed by atoms with Crippen molar-refractivity contribution in [1.82, 2.24) is 4.90 Å². The lowest BCUT2D eigenvalue weighted by Crippen LogP contribution is -2.67. The lowest BCUT2D eigenvalue weighted by molar-refractivity contribution is -0.176. The number of rotatable bonds is 7. The summed E-state index contributed by atoms with van der Waals surface area (Å²) in [7, 11) is 0. The van der Waals surface area contributed by atoms with Crippen LogP contribution >= 0.6 is 0 Å². The average Bonchev–Trinajstić information content (AvgIpc) is 3.47. The van der Waals surface area contributed by atoms with Crippen molar-refractivity contribution >= 4 is 22.6 Å². The average molecular weight is 790 g/mol. The van der Waals surface area contributed by atoms with Crippen LogP contribution in [0.25, 0.3) is 10.8 Å². The van der Waals surface area contributed by atoms with Crippen LogP contribution in [0.15, 0.2) is 84.5 Å². The molecule has 1 amide bonds. The number of allylic oxidation sites excluding steroid dienone is 4. The molecule has 12 rings (SSSR count). The van der Waals surface area contributed by atoms with Crippen molar-refractivity contribution < 1.29 is 33.3 Å². The summed E-state index contributed by atoms with van der Waals surface area (Å²) in [6.45, 7) is 9.84. The molecule has 0 aromatic heterocycles. The van der Waals surface area contributed by atoms with E-state index in [4.69, 9.17) is 4.74 Å². The molecule has 4 bridgehead atoms. The van der Waals surface area contributed by atoms with E-state index >= 15 is 0 Å². The van der Waals surface area contributed by atoms with Crippen molar-refractivity contribution in [3.63, 3.8) is 0 Å². The van der Waals surface area contributed by atoms with Crippen molar-refractivity contribution in [3.05, 3.63) is 102 Å². The molecule has 8 heteroatoms. The molecule has 9 aliphatic carbocycles. The number of halogens is 2. The van der Waals surface area contributed by atoms with Crippen molar-refractivity contribution in [2.24, 2.45) is 56.7 Å². The van der Waals surface area contributed by atoms with Gasteiger partial charge < -0.3 is 19.8 Å². The molecule has 11 atom stereocenters. The van der Waals surface area contributed by atoms with E-state index in [1.807, 2.05) is 47.4 Å². The van der Waals surface area contributed by atoms with Gasteiger partial charge in [-0.05, 0) is 146 Å². The first-order valence-corrected chi connectivity index (χ1v) is 21.8. The molecule has 2 N–H and O–H groups in total. The van der Waals surface area contributed by atoms with E-state index in [-0.39, 0.29) is 40.6 Å². The second-order valence-corrected chi connectivity index (χ2v) is 20.7. The summed E-state index contributed by atoms with van der Waals surface area (Å²) in [6.07, 6.45) is 13.5. The minimum absolute atomic E-state index is 0.0391. The summed E-state index contributed by atoms with van der Waals surface area (Å²) < 4.78 is 35.2. The maximum Gasteiger partial charge on any atom is 0.415 e. The van der Waals surface area contributed by atoms with Gasteiger partial charge in [0.1, 0.15) is 5.75 Å². The summed E-state index contributed by atoms with van der Waals surface area (Å²) in [5, 5.41) is 26.4. The number of amides is 1. The van der Waals surface area contributed by atoms with Gasteiger partial charge in [-0.1, -0.05) is 76.3 Å². The Balaban J connectivity index is 1.02. The zero-order valence-corrected chi connectivity index (χ0v) is 34.3. The predicted octanol–water partition coefficient (Wildman–Crippen LogP) is 10.5. The van der Waals surface area contributed by atoms with E-state index in [9.17, 15) is 28.6 Å². The molecule has 0 aliphatic heterocycles. The molecule has 0 radical (unpaired) electrons. The molecule has 9 aliphatic rings. The number of fused-ring (bicyclic) bond motifs is 4. The summed E-state index contributed by atoms with van der Waals surface area (Å²) in [5.41, 5.74) is -2.66. The number of carbonyl (C=O) groups is 2. The quantitative estimate of drug-likeness (QED) is 0.184. The van der Waals surface area contributed by atoms with Crippen LogP contribution in [0.3, 0.4) is 0 Å². The minimum atomic E-state index is -1.29. The zero-order chi connectivity index (χ0) is 40.6. The molecule has 1 unspecified atom stereocenters. The first-order chi connectivity index (χ1) is 27.5. The highest BCUT2D eigenvalue weighted by Gasteiger charge is 2.74. The van der Waals surface area contributed by atoms with Crippen LogP contribution in [0.2, 0.25) is 0 Å². The van der Waals surface area contributed by atoms with Gasteiger partial charge in [0.2, 0.25) is 0 Å². The summed E-state index contributed by atoms with van der Waals surface area (Å²) >= 11 is 0. The van der Waals surface area contributed by atoms with Gasteiger partial charge >= 0.3 is 6.09 Å². The third-order valence-corrected chi connectivity index (χ3v) is 18.2. The Labute approximate surface area is 340 Å². The molecule has 6 saturated carbocycles. The normalized spacial score (nSPS) is 40.2. The van der Waals surface area contributed by atoms with Crippen LogP contribution in [-0.2, 0) is 0 Å². The molecule has 3 aromatic rings. The Kier molecular flexibility index (Phi) is 8.47. The lowest BCUT2D eigenvalue weighted by Gasteiger charge is -2.71. The van der Waals surface area contributed by atoms with Crippen LogP contribution in [0.5, 0.6) is 5.75 Å². The number of Topliss-reactive ketones (excluding diaryl/α,β-unsaturated/α-hetero) is 1. The number of aliphatic hydroxyl groups excluding tert-OH is 1. The standard InChI is InChI=1S/C50H57F2NO5/c1-45(2)34-12-9-33(37(45)25-34)28-53(44(56)58-36-13-10-30-7-5-6-8-31(30)23-36)29-49(57)20-17-42-47(49,4)19-16-41-46(3)18-15-35(54)26-48(46)21-22-50(41,42)38(27-48)43(55)32-11-14-39(51)40(52)24-32/h5-8,10-11,13-14,21-24,27,33-35,37,41-42,54,57H,9,12,15-20,25-26,28-29H2,1-4H3/t33-,34-,35?,37-,41+,42+,46+,47-,48-,49+,50+/m0/s1. The minimum Gasteiger partial charge on any atom is -0.410 e. The van der Waals surface area contributed by atoms with E-state index in [0.29, 0.717) is 67.7 Å². The Morgan fingerprint density at radius 1 is 0.828 bits per heavy atom. The Bertz CT molecular complexity index is 2280. The highest BCUT2D eigenvalue weighted by atomic mass is 19.2. The van der Waals surface area contributed by atoms with Gasteiger partial charge in [-0.25, -0.2) is 13.6 Å². The highest BCUT2D eigenvalue weighted by molar-refractivity contribution is 6.10. The number of carbonyl (C=O) groups excluding carboxylic acids is 2. The van der Waals surface area contributed by atoms with E-state index in [1.54, 1.807) is 0 Å². The predicted molar refractivity (Wildman–Crippen MR) is 219 cm³/mol. The largest absolute Gasteiger partial charge is 0.415 e. The molecular weight excluding hydrogens is 733 g/mol. The van der Waals surface area contributed by atoms with Crippen LogP contribution in [0.4, 0.5) is 13.6 Å². The first-order valence-electron chi connectivity index (χ1n) is 21.8. The number of hydrogen-bond donors (Lipinski definition) is 2. The number of aliphatic hydroxyl groups is 2. The van der Waals surface area contributed by atoms with Gasteiger partial charge in [0.15, 0.2) is 17.4 Å². The van der Waals surface area contributed by atoms with Crippen LogP contribution < -0.4 is 4.74 Å². The second kappa shape index (κ2) is 12.8. The Hall–Kier alpha value is -3.88. The molecule has 306 valence electrons. The van der Waals surface area contributed by atoms with Gasteiger partial charge in [-0.3, -0.25) is 4.79 Å². The van der Waals surface area contributed by atoms with Gasteiger partial charge in [0.05, 0.1) is 18.2 Å². The molecular formula is C50H57F2NO5. The Morgan fingerprint density at radius 3 is 2.33 bits per heavy atom. The van der Waals surface area contributed by atoms with E-state index < -0.39 is 45.7 Å². The topological polar surface area (TPSA) is 87.1 Å². The maximum absolute atomic E-state index is 14.9. The third kappa shape index (κ3) is 5.18. The SMILES string of the molecule is CC1(C)[C@H]2CC[C@@H](CN(C[C@]3(O)CC[C@H]4[C@]56C=C[C@@]7(C=C5C(=O)c5ccc(F)c(F)c5)CC(O)CC[C@]7(C)[C@H]6CC[C@@]43C)C(=O)Oc3ccc4ccccc4c3)[C@@H]1C2. The third-order valence-electron chi connectivity index (χ3n) is 18.2. The van der Waals surface area contributed by atoms with Crippen molar-refractivity contribution in [2.75, 3.05) is 13.1 Å². The van der Waals surface area contributed by atoms with Gasteiger partial charge in [0, 0.05) is 33.9 Å². The fourth-order valence-electron chi connectivity index (χ4n) is 14.8. The van der Waals surface area contributed by atoms with Crippen molar-refractivity contribution in [3.8, 4) is 5.75 Å². The van der Waals surface area contributed by atoms with Crippen LogP contribution in [0.1, 0.15) is 102 Å². The van der Waals surface area contributed by atoms with Gasteiger partial charge in [0.25, 0.3) is 0 Å². The van der Waals surface area contributed by atoms with Crippen LogP contribution in [-0.4, -0.2) is 51.8 Å². The summed E-state index contributed by atoms with van der Waals surface area (Å²) in [6, 6.07) is 17.1. The highest BCUT2D eigenvalue weighted by Crippen LogP contribution is 2.78. The van der Waals surface area contributed by atoms with Crippen LogP contribution in [0, 0.1) is 68.3 Å². The number of hydrogen-bond acceptors (Lipinski definition) is 5. The van der Waals surface area contributed by atoms with E-state index in [1.165, 1.54) is 12.5 Å². The van der Waals surface area contributed by atoms with E-state index in [2.05, 4.69) is 45.9 Å². The fraction of sp³-hybridized carbons (Fsp3) is 0.560. The smallest absolute Gasteiger partial charge is 0.410 e. The Morgan fingerprint density at radius 2 is 1.57 bits per heavy atom. The maximum atomic E-state index is 14.9. The molecule has 0 heterocycles. The fourth-order valence-corrected chi connectivity index (χ4v) is 14.8. The summed E-state index contributed by atoms with van der Waals surface area (Å²) in [5.74, 6) is -0.542. The number of nitrogens with zero attached hydrogens (tertiary/aromatic N) is 1. The van der Waals surface area contributed by atoms with Gasteiger partial charge in [-0.2, -0.15) is 0 Å². The number of benzene rings is 3. The number of ether oxygens (including phenoxy) is 1. The molecule has 0 saturated heterocycles. The molecule has 6 fully saturated rings. The van der Waals surface area contributed by atoms with Gasteiger partial charge in [-0.15, -0.1) is 0 Å². The second-order valence-electron chi connectivity index (χ2n) is 20.7.